The number of aromatic nitrogens is 1. The van der Waals surface area contributed by atoms with Crippen LogP contribution >= 0.6 is 0 Å². The highest BCUT2D eigenvalue weighted by molar-refractivity contribution is 7.87. The first kappa shape index (κ1) is 35.0. The van der Waals surface area contributed by atoms with Gasteiger partial charge in [-0.1, -0.05) is 127 Å². The van der Waals surface area contributed by atoms with Gasteiger partial charge in [-0.25, -0.2) is 0 Å². The highest BCUT2D eigenvalue weighted by Gasteiger charge is 2.29. The number of para-hydroxylation sites is 2. The van der Waals surface area contributed by atoms with E-state index in [-0.39, 0.29) is 21.3 Å². The molecule has 8 aromatic rings. The topological polar surface area (TPSA) is 91.7 Å². The van der Waals surface area contributed by atoms with E-state index in [1.54, 1.807) is 84.9 Å². The Morgan fingerprint density at radius 1 is 0.500 bits per heavy atom. The third kappa shape index (κ3) is 6.57. The lowest BCUT2D eigenvalue weighted by Crippen LogP contribution is -2.16. The molecule has 0 fully saturated rings. The molecule has 1 aromatic heterocycles. The molecule has 0 saturated carbocycles. The molecule has 0 aliphatic heterocycles. The number of hydrogen-bond acceptors (Lipinski definition) is 6. The van der Waals surface area contributed by atoms with Crippen LogP contribution in [0.1, 0.15) is 16.7 Å². The average Bonchev–Trinajstić information content (AvgIpc) is 3.69. The van der Waals surface area contributed by atoms with Gasteiger partial charge in [0.2, 0.25) is 0 Å². The van der Waals surface area contributed by atoms with Crippen LogP contribution in [0.2, 0.25) is 0 Å². The van der Waals surface area contributed by atoms with Crippen molar-refractivity contribution in [3.8, 4) is 22.6 Å². The third-order valence-corrected chi connectivity index (χ3v) is 12.4. The molecule has 1 aliphatic carbocycles. The number of benzene rings is 7. The molecule has 7 aromatic carbocycles. The molecule has 1 heterocycles. The SMILES string of the molecule is O=S(=O)(Oc1ccccc1)c1ccc2c(c1)C(=C/C=C/C=c1/c3cccc4cccc(c43)n1Cc1ccccc1)c1cc(S(=O)(=O)Oc3ccccc3)ccc1-2. The van der Waals surface area contributed by atoms with Crippen LogP contribution in [0.4, 0.5) is 0 Å². The molecule has 0 bridgehead atoms. The molecule has 56 heavy (non-hydrogen) atoms. The number of rotatable bonds is 10. The summed E-state index contributed by atoms with van der Waals surface area (Å²) in [7, 11) is -8.40. The van der Waals surface area contributed by atoms with Crippen LogP contribution in [0.15, 0.2) is 192 Å². The van der Waals surface area contributed by atoms with Gasteiger partial charge in [-0.2, -0.15) is 16.8 Å². The zero-order chi connectivity index (χ0) is 38.3. The van der Waals surface area contributed by atoms with Gasteiger partial charge in [-0.05, 0) is 99.4 Å². The van der Waals surface area contributed by atoms with Crippen LogP contribution in [0.3, 0.4) is 0 Å². The van der Waals surface area contributed by atoms with Crippen molar-refractivity contribution >= 4 is 53.6 Å². The molecule has 0 atom stereocenters. The van der Waals surface area contributed by atoms with E-state index in [9.17, 15) is 16.8 Å². The molecule has 1 aliphatic rings. The summed E-state index contributed by atoms with van der Waals surface area (Å²) in [6.07, 6.45) is 7.82. The Hall–Kier alpha value is -6.68. The van der Waals surface area contributed by atoms with Crippen LogP contribution in [0, 0.1) is 0 Å². The van der Waals surface area contributed by atoms with Gasteiger partial charge in [-0.15, -0.1) is 0 Å². The van der Waals surface area contributed by atoms with Crippen LogP contribution in [0.5, 0.6) is 11.5 Å². The van der Waals surface area contributed by atoms with Crippen LogP contribution in [-0.4, -0.2) is 21.4 Å². The van der Waals surface area contributed by atoms with Crippen molar-refractivity contribution in [1.29, 1.82) is 0 Å². The monoisotopic (exact) mass is 771 g/mol. The first-order valence-electron chi connectivity index (χ1n) is 18.0. The number of nitrogens with zero attached hydrogens (tertiary/aromatic N) is 1. The highest BCUT2D eigenvalue weighted by Crippen LogP contribution is 2.46. The van der Waals surface area contributed by atoms with Crippen LogP contribution in [0.25, 0.3) is 44.5 Å². The minimum atomic E-state index is -4.20. The first-order chi connectivity index (χ1) is 27.2. The lowest BCUT2D eigenvalue weighted by atomic mass is 10.0. The summed E-state index contributed by atoms with van der Waals surface area (Å²) in [5, 5.41) is 4.53. The number of hydrogen-bond donors (Lipinski definition) is 0. The molecule has 274 valence electrons. The molecule has 7 nitrogen and oxygen atoms in total. The van der Waals surface area contributed by atoms with E-state index in [1.165, 1.54) is 23.1 Å². The smallest absolute Gasteiger partial charge is 0.339 e. The Labute approximate surface area is 324 Å². The minimum Gasteiger partial charge on any atom is -0.379 e. The van der Waals surface area contributed by atoms with Gasteiger partial charge >= 0.3 is 20.2 Å². The zero-order valence-corrected chi connectivity index (χ0v) is 31.5. The van der Waals surface area contributed by atoms with Gasteiger partial charge in [0, 0.05) is 22.7 Å². The Morgan fingerprint density at radius 3 is 1.59 bits per heavy atom. The van der Waals surface area contributed by atoms with E-state index in [0.29, 0.717) is 23.2 Å². The maximum absolute atomic E-state index is 13.5. The average molecular weight is 772 g/mol. The van der Waals surface area contributed by atoms with Crippen molar-refractivity contribution in [2.75, 3.05) is 0 Å². The predicted octanol–water partition coefficient (Wildman–Crippen LogP) is 9.55. The van der Waals surface area contributed by atoms with Crippen molar-refractivity contribution in [3.05, 3.63) is 204 Å². The van der Waals surface area contributed by atoms with E-state index in [0.717, 1.165) is 32.8 Å². The summed E-state index contributed by atoms with van der Waals surface area (Å²) in [4.78, 5) is -0.0583. The lowest BCUT2D eigenvalue weighted by Gasteiger charge is -2.09. The van der Waals surface area contributed by atoms with Crippen molar-refractivity contribution < 1.29 is 25.2 Å². The van der Waals surface area contributed by atoms with Crippen molar-refractivity contribution in [2.24, 2.45) is 0 Å². The quantitative estimate of drug-likeness (QED) is 0.129. The standard InChI is InChI=1S/C47H33NO6S2/c49-55(50,53-35-18-6-2-7-19-35)37-26-28-40-41-29-27-38(56(51,52)54-36-20-8-3-9-21-36)31-44(41)39(43(40)30-37)22-10-11-24-45-42-23-12-16-34-17-13-25-46(47(34)42)48(45)32-33-14-4-1-5-15-33/h1-31H,32H2/b11-10+,45-24-. The summed E-state index contributed by atoms with van der Waals surface area (Å²) in [5.74, 6) is 0.393. The molecular formula is C47H33NO6S2. The maximum Gasteiger partial charge on any atom is 0.339 e. The molecule has 9 heteroatoms. The fourth-order valence-corrected chi connectivity index (χ4v) is 9.26. The van der Waals surface area contributed by atoms with Gasteiger partial charge < -0.3 is 12.9 Å². The fourth-order valence-electron chi connectivity index (χ4n) is 7.35. The summed E-state index contributed by atoms with van der Waals surface area (Å²) < 4.78 is 67.3. The molecule has 0 amide bonds. The van der Waals surface area contributed by atoms with Crippen LogP contribution < -0.4 is 13.7 Å². The Bertz CT molecular complexity index is 2990. The molecule has 9 rings (SSSR count). The second-order valence-corrected chi connectivity index (χ2v) is 16.5. The lowest BCUT2D eigenvalue weighted by molar-refractivity contribution is 0.484. The van der Waals surface area contributed by atoms with Gasteiger partial charge in [0.25, 0.3) is 0 Å². The normalized spacial score (nSPS) is 13.0. The predicted molar refractivity (Wildman–Crippen MR) is 221 cm³/mol. The Kier molecular flexibility index (Phi) is 8.88. The number of fused-ring (bicyclic) bond motifs is 3. The second kappa shape index (κ2) is 14.2. The molecule has 0 radical (unpaired) electrons. The highest BCUT2D eigenvalue weighted by atomic mass is 32.2. The van der Waals surface area contributed by atoms with Gasteiger partial charge in [-0.3, -0.25) is 0 Å². The zero-order valence-electron chi connectivity index (χ0n) is 29.8. The van der Waals surface area contributed by atoms with Crippen molar-refractivity contribution in [1.82, 2.24) is 4.57 Å². The third-order valence-electron chi connectivity index (χ3n) is 9.88. The van der Waals surface area contributed by atoms with E-state index < -0.39 is 20.2 Å². The van der Waals surface area contributed by atoms with E-state index in [4.69, 9.17) is 8.37 Å². The second-order valence-electron chi connectivity index (χ2n) is 13.4. The molecule has 0 unspecified atom stereocenters. The summed E-state index contributed by atoms with van der Waals surface area (Å²) in [6.45, 7) is 0.681. The van der Waals surface area contributed by atoms with Gasteiger partial charge in [0.15, 0.2) is 0 Å². The number of allylic oxidation sites excluding steroid dienone is 3. The minimum absolute atomic E-state index is 0.0291. The Morgan fingerprint density at radius 2 is 1.02 bits per heavy atom. The molecule has 0 spiro atoms. The van der Waals surface area contributed by atoms with Crippen molar-refractivity contribution in [2.45, 2.75) is 16.3 Å². The van der Waals surface area contributed by atoms with E-state index >= 15 is 0 Å². The summed E-state index contributed by atoms with van der Waals surface area (Å²) >= 11 is 0. The van der Waals surface area contributed by atoms with Crippen molar-refractivity contribution in [3.63, 3.8) is 0 Å². The molecule has 0 saturated heterocycles. The fraction of sp³-hybridized carbons (Fsp3) is 0.0213. The van der Waals surface area contributed by atoms with E-state index in [1.807, 2.05) is 36.4 Å². The van der Waals surface area contributed by atoms with Crippen LogP contribution in [-0.2, 0) is 26.8 Å². The van der Waals surface area contributed by atoms with E-state index in [2.05, 4.69) is 59.2 Å². The largest absolute Gasteiger partial charge is 0.379 e. The van der Waals surface area contributed by atoms with Gasteiger partial charge in [0.1, 0.15) is 21.3 Å². The molecular weight excluding hydrogens is 739 g/mol. The summed E-state index contributed by atoms with van der Waals surface area (Å²) in [6, 6.07) is 49.3. The Balaban J connectivity index is 1.16. The van der Waals surface area contributed by atoms with Gasteiger partial charge in [0.05, 0.1) is 5.52 Å². The summed E-state index contributed by atoms with van der Waals surface area (Å²) in [5.41, 5.74) is 5.73. The maximum atomic E-state index is 13.5. The molecule has 0 N–H and O–H groups in total. The first-order valence-corrected chi connectivity index (χ1v) is 20.8.